The molecular formula is C19H21BrN2O3S. The van der Waals surface area contributed by atoms with E-state index < -0.39 is 10.0 Å². The van der Waals surface area contributed by atoms with E-state index in [1.165, 1.54) is 10.4 Å². The van der Waals surface area contributed by atoms with Gasteiger partial charge in [-0.25, -0.2) is 8.42 Å². The second kappa shape index (κ2) is 7.50. The van der Waals surface area contributed by atoms with Gasteiger partial charge in [0.2, 0.25) is 10.0 Å². The van der Waals surface area contributed by atoms with Gasteiger partial charge in [0, 0.05) is 23.1 Å². The quantitative estimate of drug-likeness (QED) is 0.783. The molecule has 0 aliphatic carbocycles. The zero-order valence-electron chi connectivity index (χ0n) is 14.8. The van der Waals surface area contributed by atoms with Gasteiger partial charge in [-0.3, -0.25) is 4.79 Å². The smallest absolute Gasteiger partial charge is 0.256 e. The summed E-state index contributed by atoms with van der Waals surface area (Å²) >= 11 is 3.44. The van der Waals surface area contributed by atoms with Crippen molar-refractivity contribution in [1.82, 2.24) is 4.31 Å². The predicted octanol–water partition coefficient (Wildman–Crippen LogP) is 4.10. The molecule has 1 fully saturated rings. The maximum absolute atomic E-state index is 12.8. The van der Waals surface area contributed by atoms with Crippen LogP contribution in [0.1, 0.15) is 34.3 Å². The van der Waals surface area contributed by atoms with Gasteiger partial charge in [0.15, 0.2) is 0 Å². The number of nitrogens with zero attached hydrogens (tertiary/aromatic N) is 1. The normalized spacial score (nSPS) is 15.2. The number of rotatable bonds is 4. The van der Waals surface area contributed by atoms with Gasteiger partial charge in [-0.2, -0.15) is 4.31 Å². The lowest BCUT2D eigenvalue weighted by Gasteiger charge is -2.17. The number of carbonyl (C=O) groups is 1. The summed E-state index contributed by atoms with van der Waals surface area (Å²) in [6, 6.07) is 10.4. The van der Waals surface area contributed by atoms with Gasteiger partial charge in [0.1, 0.15) is 0 Å². The van der Waals surface area contributed by atoms with Gasteiger partial charge >= 0.3 is 0 Å². The van der Waals surface area contributed by atoms with E-state index in [1.807, 2.05) is 25.1 Å². The van der Waals surface area contributed by atoms with Gasteiger partial charge in [-0.1, -0.05) is 12.1 Å². The van der Waals surface area contributed by atoms with Crippen LogP contribution in [0.25, 0.3) is 0 Å². The fourth-order valence-corrected chi connectivity index (χ4v) is 5.13. The molecule has 1 heterocycles. The first-order valence-electron chi connectivity index (χ1n) is 8.47. The van der Waals surface area contributed by atoms with Gasteiger partial charge in [-0.05, 0) is 78.0 Å². The Labute approximate surface area is 162 Å². The van der Waals surface area contributed by atoms with Crippen molar-refractivity contribution in [3.8, 4) is 0 Å². The highest BCUT2D eigenvalue weighted by atomic mass is 79.9. The minimum atomic E-state index is -3.55. The number of anilines is 1. The Morgan fingerprint density at radius 2 is 1.77 bits per heavy atom. The molecule has 0 aromatic heterocycles. The number of aryl methyl sites for hydroxylation is 2. The number of nitrogens with one attached hydrogen (secondary N) is 1. The van der Waals surface area contributed by atoms with Crippen molar-refractivity contribution in [3.05, 3.63) is 57.6 Å². The Kier molecular flexibility index (Phi) is 5.50. The second-order valence-electron chi connectivity index (χ2n) is 6.53. The van der Waals surface area contributed by atoms with Crippen LogP contribution in [0.3, 0.4) is 0 Å². The van der Waals surface area contributed by atoms with Crippen molar-refractivity contribution in [2.75, 3.05) is 18.4 Å². The predicted molar refractivity (Wildman–Crippen MR) is 106 cm³/mol. The van der Waals surface area contributed by atoms with E-state index >= 15 is 0 Å². The summed E-state index contributed by atoms with van der Waals surface area (Å²) in [7, 11) is -3.55. The molecule has 0 radical (unpaired) electrons. The Hall–Kier alpha value is -1.70. The Morgan fingerprint density at radius 1 is 1.08 bits per heavy atom. The minimum absolute atomic E-state index is 0.165. The fourth-order valence-electron chi connectivity index (χ4n) is 2.99. The molecular weight excluding hydrogens is 416 g/mol. The standard InChI is InChI=1S/C19H21BrN2O3S/c1-13-5-8-18(17(20)11-13)21-19(23)16-12-15(7-6-14(16)2)26(24,25)22-9-3-4-10-22/h5-8,11-12H,3-4,9-10H2,1-2H3,(H,21,23). The molecule has 7 heteroatoms. The lowest BCUT2D eigenvalue weighted by molar-refractivity contribution is 0.102. The molecule has 0 unspecified atom stereocenters. The number of hydrogen-bond donors (Lipinski definition) is 1. The average molecular weight is 437 g/mol. The minimum Gasteiger partial charge on any atom is -0.321 e. The third kappa shape index (κ3) is 3.84. The SMILES string of the molecule is Cc1ccc(NC(=O)c2cc(S(=O)(=O)N3CCCC3)ccc2C)c(Br)c1. The van der Waals surface area contributed by atoms with Crippen LogP contribution in [0.5, 0.6) is 0 Å². The molecule has 1 N–H and O–H groups in total. The van der Waals surface area contributed by atoms with Gasteiger partial charge < -0.3 is 5.32 Å². The van der Waals surface area contributed by atoms with E-state index in [1.54, 1.807) is 19.1 Å². The number of sulfonamides is 1. The Balaban J connectivity index is 1.91. The summed E-state index contributed by atoms with van der Waals surface area (Å²) in [6.45, 7) is 4.83. The monoisotopic (exact) mass is 436 g/mol. The molecule has 26 heavy (non-hydrogen) atoms. The number of benzene rings is 2. The van der Waals surface area contributed by atoms with Gasteiger partial charge in [-0.15, -0.1) is 0 Å². The molecule has 1 saturated heterocycles. The third-order valence-electron chi connectivity index (χ3n) is 4.53. The molecule has 0 atom stereocenters. The van der Waals surface area contributed by atoms with E-state index in [0.29, 0.717) is 24.3 Å². The van der Waals surface area contributed by atoms with Crippen molar-refractivity contribution in [1.29, 1.82) is 0 Å². The van der Waals surface area contributed by atoms with Crippen LogP contribution < -0.4 is 5.32 Å². The van der Waals surface area contributed by atoms with Crippen LogP contribution in [0.2, 0.25) is 0 Å². The number of halogens is 1. The van der Waals surface area contributed by atoms with Gasteiger partial charge in [0.05, 0.1) is 10.6 Å². The molecule has 5 nitrogen and oxygen atoms in total. The van der Waals surface area contributed by atoms with Crippen LogP contribution >= 0.6 is 15.9 Å². The zero-order chi connectivity index (χ0) is 18.9. The lowest BCUT2D eigenvalue weighted by atomic mass is 10.1. The molecule has 2 aromatic rings. The first-order chi connectivity index (χ1) is 12.3. The highest BCUT2D eigenvalue weighted by molar-refractivity contribution is 9.10. The maximum atomic E-state index is 12.8. The number of hydrogen-bond acceptors (Lipinski definition) is 3. The lowest BCUT2D eigenvalue weighted by Crippen LogP contribution is -2.28. The second-order valence-corrected chi connectivity index (χ2v) is 9.32. The zero-order valence-corrected chi connectivity index (χ0v) is 17.2. The highest BCUT2D eigenvalue weighted by Gasteiger charge is 2.28. The Bertz CT molecular complexity index is 951. The molecule has 1 aliphatic heterocycles. The topological polar surface area (TPSA) is 66.5 Å². The van der Waals surface area contributed by atoms with Crippen molar-refractivity contribution in [2.45, 2.75) is 31.6 Å². The summed E-state index contributed by atoms with van der Waals surface area (Å²) in [5.74, 6) is -0.328. The molecule has 0 spiro atoms. The van der Waals surface area contributed by atoms with E-state index in [4.69, 9.17) is 0 Å². The molecule has 0 bridgehead atoms. The van der Waals surface area contributed by atoms with E-state index in [2.05, 4.69) is 21.2 Å². The number of amides is 1. The molecule has 1 aliphatic rings. The van der Waals surface area contributed by atoms with E-state index in [-0.39, 0.29) is 10.8 Å². The van der Waals surface area contributed by atoms with Crippen molar-refractivity contribution >= 4 is 37.5 Å². The van der Waals surface area contributed by atoms with E-state index in [9.17, 15) is 13.2 Å². The first-order valence-corrected chi connectivity index (χ1v) is 10.7. The van der Waals surface area contributed by atoms with Crippen LogP contribution in [0.15, 0.2) is 45.8 Å². The highest BCUT2D eigenvalue weighted by Crippen LogP contribution is 2.26. The maximum Gasteiger partial charge on any atom is 0.256 e. The average Bonchev–Trinajstić information content (AvgIpc) is 3.13. The summed E-state index contributed by atoms with van der Waals surface area (Å²) in [6.07, 6.45) is 1.75. The first kappa shape index (κ1) is 19.1. The summed E-state index contributed by atoms with van der Waals surface area (Å²) in [5.41, 5.74) is 2.81. The van der Waals surface area contributed by atoms with Gasteiger partial charge in [0.25, 0.3) is 5.91 Å². The summed E-state index contributed by atoms with van der Waals surface area (Å²) in [5, 5.41) is 2.85. The summed E-state index contributed by atoms with van der Waals surface area (Å²) in [4.78, 5) is 12.9. The van der Waals surface area contributed by atoms with Crippen LogP contribution in [-0.2, 0) is 10.0 Å². The molecule has 3 rings (SSSR count). The van der Waals surface area contributed by atoms with Crippen LogP contribution in [0, 0.1) is 13.8 Å². The molecule has 138 valence electrons. The number of carbonyl (C=O) groups excluding carboxylic acids is 1. The van der Waals surface area contributed by atoms with Crippen LogP contribution in [0.4, 0.5) is 5.69 Å². The molecule has 2 aromatic carbocycles. The third-order valence-corrected chi connectivity index (χ3v) is 7.08. The largest absolute Gasteiger partial charge is 0.321 e. The van der Waals surface area contributed by atoms with Crippen LogP contribution in [-0.4, -0.2) is 31.7 Å². The fraction of sp³-hybridized carbons (Fsp3) is 0.316. The van der Waals surface area contributed by atoms with Crippen molar-refractivity contribution in [3.63, 3.8) is 0 Å². The van der Waals surface area contributed by atoms with Crippen molar-refractivity contribution in [2.24, 2.45) is 0 Å². The van der Waals surface area contributed by atoms with E-state index in [0.717, 1.165) is 28.4 Å². The summed E-state index contributed by atoms with van der Waals surface area (Å²) < 4.78 is 27.8. The molecule has 0 saturated carbocycles. The molecule has 1 amide bonds. The van der Waals surface area contributed by atoms with Crippen molar-refractivity contribution < 1.29 is 13.2 Å². The Morgan fingerprint density at radius 3 is 2.42 bits per heavy atom.